The molecule has 2 aliphatic heterocycles. The predicted octanol–water partition coefficient (Wildman–Crippen LogP) is 4.99. The third-order valence-corrected chi connectivity index (χ3v) is 7.90. The van der Waals surface area contributed by atoms with Crippen molar-refractivity contribution in [1.82, 2.24) is 15.6 Å². The third kappa shape index (κ3) is 3.22. The number of aromatic nitrogens is 1. The van der Waals surface area contributed by atoms with Crippen molar-refractivity contribution in [3.63, 3.8) is 0 Å². The molecule has 182 valence electrons. The van der Waals surface area contributed by atoms with E-state index in [-0.39, 0.29) is 18.0 Å². The van der Waals surface area contributed by atoms with Crippen molar-refractivity contribution in [3.05, 3.63) is 126 Å². The maximum atomic E-state index is 13.8. The van der Waals surface area contributed by atoms with Crippen molar-refractivity contribution in [2.75, 3.05) is 16.9 Å². The van der Waals surface area contributed by atoms with Gasteiger partial charge in [-0.15, -0.1) is 0 Å². The van der Waals surface area contributed by atoms with Crippen LogP contribution in [0, 0.1) is 0 Å². The fraction of sp³-hybridized carbons (Fsp3) is 0.161. The zero-order valence-corrected chi connectivity index (χ0v) is 20.5. The number of nitrogens with zero attached hydrogens (tertiary/aromatic N) is 2. The Morgan fingerprint density at radius 2 is 1.81 bits per heavy atom. The Bertz CT molecular complexity index is 1590. The van der Waals surface area contributed by atoms with Crippen molar-refractivity contribution in [3.8, 4) is 0 Å². The van der Waals surface area contributed by atoms with E-state index in [2.05, 4.69) is 74.4 Å². The Kier molecular flexibility index (Phi) is 4.91. The smallest absolute Gasteiger partial charge is 0.253 e. The SMILES string of the molecule is CC(NC(=O)C1=C2Nc3ccccc3C23NCN(c2ccncc2)C3C=C1)c1cccc2ccccc12. The van der Waals surface area contributed by atoms with Gasteiger partial charge in [-0.3, -0.25) is 15.1 Å². The Balaban J connectivity index is 1.27. The van der Waals surface area contributed by atoms with Crippen LogP contribution in [0.15, 0.2) is 115 Å². The van der Waals surface area contributed by atoms with Gasteiger partial charge in [0.2, 0.25) is 0 Å². The average molecular weight is 486 g/mol. The fourth-order valence-electron chi connectivity index (χ4n) is 6.20. The molecule has 1 fully saturated rings. The normalized spacial score (nSPS) is 22.3. The first-order chi connectivity index (χ1) is 18.2. The molecule has 3 N–H and O–H groups in total. The molecule has 3 atom stereocenters. The topological polar surface area (TPSA) is 69.3 Å². The van der Waals surface area contributed by atoms with Gasteiger partial charge >= 0.3 is 0 Å². The van der Waals surface area contributed by atoms with Crippen LogP contribution in [0.4, 0.5) is 11.4 Å². The molecule has 3 heterocycles. The lowest BCUT2D eigenvalue weighted by Gasteiger charge is -2.37. The van der Waals surface area contributed by atoms with Crippen molar-refractivity contribution in [2.45, 2.75) is 24.5 Å². The summed E-state index contributed by atoms with van der Waals surface area (Å²) in [6.07, 6.45) is 7.77. The molecule has 4 aromatic rings. The second-order valence-electron chi connectivity index (χ2n) is 9.84. The molecule has 3 unspecified atom stereocenters. The summed E-state index contributed by atoms with van der Waals surface area (Å²) < 4.78 is 0. The summed E-state index contributed by atoms with van der Waals surface area (Å²) in [5.74, 6) is -0.0889. The first kappa shape index (κ1) is 21.8. The van der Waals surface area contributed by atoms with Gasteiger partial charge in [0.25, 0.3) is 5.91 Å². The average Bonchev–Trinajstić information content (AvgIpc) is 3.50. The fourth-order valence-corrected chi connectivity index (χ4v) is 6.20. The van der Waals surface area contributed by atoms with Gasteiger partial charge in [-0.05, 0) is 47.5 Å². The number of hydrogen-bond acceptors (Lipinski definition) is 5. The summed E-state index contributed by atoms with van der Waals surface area (Å²) in [4.78, 5) is 20.4. The number of para-hydroxylation sites is 1. The third-order valence-electron chi connectivity index (χ3n) is 7.90. The lowest BCUT2D eigenvalue weighted by molar-refractivity contribution is -0.117. The molecule has 3 aromatic carbocycles. The molecule has 1 spiro atoms. The van der Waals surface area contributed by atoms with Crippen molar-refractivity contribution >= 4 is 28.1 Å². The Morgan fingerprint density at radius 1 is 1.03 bits per heavy atom. The van der Waals surface area contributed by atoms with E-state index < -0.39 is 5.54 Å². The minimum Gasteiger partial charge on any atom is -0.356 e. The van der Waals surface area contributed by atoms with E-state index in [1.165, 1.54) is 5.39 Å². The number of benzene rings is 3. The number of pyridine rings is 1. The van der Waals surface area contributed by atoms with Gasteiger partial charge in [0, 0.05) is 29.3 Å². The number of amides is 1. The van der Waals surface area contributed by atoms with Gasteiger partial charge in [-0.2, -0.15) is 0 Å². The Labute approximate surface area is 215 Å². The standard InChI is InChI=1S/C31H27N5O/c1-20(23-10-6-8-21-7-2-3-9-24(21)23)34-30(37)25-13-14-28-31(26-11-4-5-12-27(26)35-29(25)31)33-19-36(28)22-15-17-32-18-16-22/h2-18,20,28,33,35H,19H2,1H3,(H,34,37). The first-order valence-corrected chi connectivity index (χ1v) is 12.7. The zero-order valence-electron chi connectivity index (χ0n) is 20.5. The van der Waals surface area contributed by atoms with Crippen LogP contribution in [0.25, 0.3) is 10.8 Å². The summed E-state index contributed by atoms with van der Waals surface area (Å²) in [7, 11) is 0. The van der Waals surface area contributed by atoms with Gasteiger partial charge < -0.3 is 15.5 Å². The highest BCUT2D eigenvalue weighted by Gasteiger charge is 2.57. The van der Waals surface area contributed by atoms with E-state index in [0.717, 1.165) is 33.6 Å². The molecule has 7 rings (SSSR count). The second kappa shape index (κ2) is 8.32. The predicted molar refractivity (Wildman–Crippen MR) is 147 cm³/mol. The quantitative estimate of drug-likeness (QED) is 0.380. The summed E-state index contributed by atoms with van der Waals surface area (Å²) in [6.45, 7) is 2.70. The van der Waals surface area contributed by atoms with Crippen LogP contribution in [-0.2, 0) is 10.3 Å². The van der Waals surface area contributed by atoms with E-state index >= 15 is 0 Å². The molecular formula is C31H27N5O. The molecule has 6 nitrogen and oxygen atoms in total. The maximum Gasteiger partial charge on any atom is 0.253 e. The largest absolute Gasteiger partial charge is 0.356 e. The van der Waals surface area contributed by atoms with Crippen molar-refractivity contribution < 1.29 is 4.79 Å². The summed E-state index contributed by atoms with van der Waals surface area (Å²) >= 11 is 0. The Morgan fingerprint density at radius 3 is 2.70 bits per heavy atom. The highest BCUT2D eigenvalue weighted by Crippen LogP contribution is 2.52. The minimum absolute atomic E-state index is 0.00749. The van der Waals surface area contributed by atoms with Crippen LogP contribution in [0.5, 0.6) is 0 Å². The van der Waals surface area contributed by atoms with E-state index in [9.17, 15) is 4.79 Å². The maximum absolute atomic E-state index is 13.8. The van der Waals surface area contributed by atoms with E-state index in [1.54, 1.807) is 0 Å². The monoisotopic (exact) mass is 485 g/mol. The molecule has 1 aromatic heterocycles. The lowest BCUT2D eigenvalue weighted by Crippen LogP contribution is -2.49. The molecule has 6 heteroatoms. The lowest BCUT2D eigenvalue weighted by atomic mass is 9.77. The minimum atomic E-state index is -0.538. The van der Waals surface area contributed by atoms with Crippen LogP contribution in [-0.4, -0.2) is 23.6 Å². The van der Waals surface area contributed by atoms with Gasteiger partial charge in [0.05, 0.1) is 30.0 Å². The molecule has 0 radical (unpaired) electrons. The van der Waals surface area contributed by atoms with Crippen molar-refractivity contribution in [1.29, 1.82) is 0 Å². The van der Waals surface area contributed by atoms with Crippen LogP contribution in [0.3, 0.4) is 0 Å². The molecule has 1 amide bonds. The molecular weight excluding hydrogens is 458 g/mol. The molecule has 37 heavy (non-hydrogen) atoms. The molecule has 1 saturated heterocycles. The summed E-state index contributed by atoms with van der Waals surface area (Å²) in [5.41, 5.74) is 5.41. The van der Waals surface area contributed by atoms with E-state index in [4.69, 9.17) is 0 Å². The van der Waals surface area contributed by atoms with Crippen LogP contribution in [0.2, 0.25) is 0 Å². The van der Waals surface area contributed by atoms with Crippen molar-refractivity contribution in [2.24, 2.45) is 0 Å². The molecule has 0 bridgehead atoms. The number of carbonyl (C=O) groups excluding carboxylic acids is 1. The van der Waals surface area contributed by atoms with Gasteiger partial charge in [-0.1, -0.05) is 66.7 Å². The van der Waals surface area contributed by atoms with Gasteiger partial charge in [-0.25, -0.2) is 0 Å². The molecule has 1 aliphatic carbocycles. The number of hydrogen-bond donors (Lipinski definition) is 3. The summed E-state index contributed by atoms with van der Waals surface area (Å²) in [6, 6.07) is 26.8. The number of rotatable bonds is 4. The second-order valence-corrected chi connectivity index (χ2v) is 9.84. The molecule has 3 aliphatic rings. The number of fused-ring (bicyclic) bond motifs is 2. The van der Waals surface area contributed by atoms with E-state index in [0.29, 0.717) is 12.2 Å². The van der Waals surface area contributed by atoms with Gasteiger partial charge in [0.15, 0.2) is 0 Å². The van der Waals surface area contributed by atoms with Gasteiger partial charge in [0.1, 0.15) is 5.54 Å². The van der Waals surface area contributed by atoms with Crippen LogP contribution < -0.4 is 20.9 Å². The number of carbonyl (C=O) groups is 1. The van der Waals surface area contributed by atoms with Crippen LogP contribution >= 0.6 is 0 Å². The first-order valence-electron chi connectivity index (χ1n) is 12.7. The van der Waals surface area contributed by atoms with E-state index in [1.807, 2.05) is 61.8 Å². The molecule has 0 saturated carbocycles. The number of anilines is 2. The highest BCUT2D eigenvalue weighted by molar-refractivity contribution is 6.00. The summed E-state index contributed by atoms with van der Waals surface area (Å²) in [5, 5.41) is 13.0. The van der Waals surface area contributed by atoms with Crippen LogP contribution in [0.1, 0.15) is 24.1 Å². The number of nitrogens with one attached hydrogen (secondary N) is 3. The Hall–Kier alpha value is -4.42. The zero-order chi connectivity index (χ0) is 25.0. The highest BCUT2D eigenvalue weighted by atomic mass is 16.1.